The molecule has 1 aliphatic heterocycles. The minimum Gasteiger partial charge on any atom is -0.481 e. The van der Waals surface area contributed by atoms with Crippen molar-refractivity contribution in [1.29, 1.82) is 0 Å². The number of carbonyl (C=O) groups excluding carboxylic acids is 1. The zero-order chi connectivity index (χ0) is 20.6. The standard InChI is InChI=1S/C18H19F3N4O3/c1-10-7-11(2)25(23-10)15-4-3-13(18(19,20)21)8-14(15)22-17(28)24-6-5-12(9-24)16(26)27/h3-4,7-8,12H,5-6,9H2,1-2H3,(H,22,28)(H,26,27). The van der Waals surface area contributed by atoms with Gasteiger partial charge in [-0.05, 0) is 44.5 Å². The molecule has 3 rings (SSSR count). The number of urea groups is 1. The molecule has 0 saturated carbocycles. The fourth-order valence-corrected chi connectivity index (χ4v) is 3.21. The van der Waals surface area contributed by atoms with Crippen LogP contribution in [-0.4, -0.2) is 44.9 Å². The molecule has 28 heavy (non-hydrogen) atoms. The van der Waals surface area contributed by atoms with Crippen LogP contribution in [0.4, 0.5) is 23.7 Å². The Labute approximate surface area is 158 Å². The molecule has 0 radical (unpaired) electrons. The number of rotatable bonds is 3. The molecule has 1 aliphatic rings. The van der Waals surface area contributed by atoms with E-state index in [1.807, 2.05) is 0 Å². The Morgan fingerprint density at radius 3 is 2.50 bits per heavy atom. The summed E-state index contributed by atoms with van der Waals surface area (Å²) in [4.78, 5) is 24.9. The minimum absolute atomic E-state index is 0.00929. The highest BCUT2D eigenvalue weighted by molar-refractivity contribution is 5.92. The molecular formula is C18H19F3N4O3. The van der Waals surface area contributed by atoms with Crippen LogP contribution < -0.4 is 5.32 Å². The summed E-state index contributed by atoms with van der Waals surface area (Å²) in [6, 6.07) is 4.15. The fourth-order valence-electron chi connectivity index (χ4n) is 3.21. The summed E-state index contributed by atoms with van der Waals surface area (Å²) in [6.45, 7) is 3.73. The number of nitrogens with zero attached hydrogens (tertiary/aromatic N) is 3. The normalized spacial score (nSPS) is 17.0. The van der Waals surface area contributed by atoms with Gasteiger partial charge < -0.3 is 15.3 Å². The van der Waals surface area contributed by atoms with Gasteiger partial charge in [-0.25, -0.2) is 9.48 Å². The molecule has 1 aromatic heterocycles. The van der Waals surface area contributed by atoms with E-state index in [1.54, 1.807) is 19.9 Å². The molecule has 0 aliphatic carbocycles. The van der Waals surface area contributed by atoms with Gasteiger partial charge in [0.25, 0.3) is 0 Å². The number of aliphatic carboxylic acids is 1. The largest absolute Gasteiger partial charge is 0.481 e. The Hall–Kier alpha value is -3.04. The smallest absolute Gasteiger partial charge is 0.416 e. The van der Waals surface area contributed by atoms with Crippen LogP contribution in [0, 0.1) is 19.8 Å². The lowest BCUT2D eigenvalue weighted by molar-refractivity contribution is -0.141. The van der Waals surface area contributed by atoms with Crippen molar-refractivity contribution in [3.8, 4) is 5.69 Å². The van der Waals surface area contributed by atoms with Crippen LogP contribution in [-0.2, 0) is 11.0 Å². The van der Waals surface area contributed by atoms with Crippen molar-refractivity contribution in [3.05, 3.63) is 41.2 Å². The Kier molecular flexibility index (Phi) is 5.05. The summed E-state index contributed by atoms with van der Waals surface area (Å²) in [5.41, 5.74) is 0.710. The SMILES string of the molecule is Cc1cc(C)n(-c2ccc(C(F)(F)F)cc2NC(=O)N2CCC(C(=O)O)C2)n1. The lowest BCUT2D eigenvalue weighted by Gasteiger charge is -2.20. The molecule has 1 fully saturated rings. The molecule has 150 valence electrons. The molecule has 0 spiro atoms. The molecule has 2 heterocycles. The van der Waals surface area contributed by atoms with E-state index in [0.29, 0.717) is 23.5 Å². The molecule has 2 aromatic rings. The van der Waals surface area contributed by atoms with Gasteiger partial charge in [0.2, 0.25) is 0 Å². The molecule has 0 bridgehead atoms. The Balaban J connectivity index is 1.94. The van der Waals surface area contributed by atoms with Crippen LogP contribution in [0.2, 0.25) is 0 Å². The van der Waals surface area contributed by atoms with E-state index in [2.05, 4.69) is 10.4 Å². The second kappa shape index (κ2) is 7.17. The zero-order valence-corrected chi connectivity index (χ0v) is 15.2. The van der Waals surface area contributed by atoms with Crippen molar-refractivity contribution in [2.75, 3.05) is 18.4 Å². The third-order valence-corrected chi connectivity index (χ3v) is 4.63. The van der Waals surface area contributed by atoms with Crippen molar-refractivity contribution < 1.29 is 27.9 Å². The number of halogens is 3. The molecule has 2 amide bonds. The summed E-state index contributed by atoms with van der Waals surface area (Å²) >= 11 is 0. The number of likely N-dealkylation sites (tertiary alicyclic amines) is 1. The van der Waals surface area contributed by atoms with Gasteiger partial charge >= 0.3 is 18.2 Å². The number of anilines is 1. The number of alkyl halides is 3. The van der Waals surface area contributed by atoms with Crippen LogP contribution in [0.15, 0.2) is 24.3 Å². The van der Waals surface area contributed by atoms with Gasteiger partial charge in [-0.2, -0.15) is 18.3 Å². The highest BCUT2D eigenvalue weighted by Gasteiger charge is 2.33. The average Bonchev–Trinajstić information content (AvgIpc) is 3.21. The summed E-state index contributed by atoms with van der Waals surface area (Å²) < 4.78 is 40.9. The van der Waals surface area contributed by atoms with Gasteiger partial charge in [0.15, 0.2) is 0 Å². The van der Waals surface area contributed by atoms with Crippen LogP contribution in [0.25, 0.3) is 5.69 Å². The Morgan fingerprint density at radius 2 is 1.96 bits per heavy atom. The first-order valence-electron chi connectivity index (χ1n) is 8.60. The van der Waals surface area contributed by atoms with Gasteiger partial charge in [0.1, 0.15) is 0 Å². The van der Waals surface area contributed by atoms with Crippen molar-refractivity contribution in [3.63, 3.8) is 0 Å². The number of hydrogen-bond acceptors (Lipinski definition) is 3. The number of aryl methyl sites for hydroxylation is 2. The lowest BCUT2D eigenvalue weighted by Crippen LogP contribution is -2.34. The second-order valence-electron chi connectivity index (χ2n) is 6.77. The van der Waals surface area contributed by atoms with Crippen LogP contribution in [0.3, 0.4) is 0 Å². The predicted octanol–water partition coefficient (Wildman–Crippen LogP) is 3.45. The van der Waals surface area contributed by atoms with Crippen LogP contribution in [0.5, 0.6) is 0 Å². The predicted molar refractivity (Wildman–Crippen MR) is 94.4 cm³/mol. The van der Waals surface area contributed by atoms with Crippen molar-refractivity contribution in [2.45, 2.75) is 26.4 Å². The maximum absolute atomic E-state index is 13.2. The van der Waals surface area contributed by atoms with E-state index in [4.69, 9.17) is 5.11 Å². The summed E-state index contributed by atoms with van der Waals surface area (Å²) in [5, 5.41) is 15.8. The first-order chi connectivity index (χ1) is 13.1. The van der Waals surface area contributed by atoms with Crippen LogP contribution >= 0.6 is 0 Å². The summed E-state index contributed by atoms with van der Waals surface area (Å²) in [7, 11) is 0. The number of benzene rings is 1. The number of amides is 2. The number of nitrogens with one attached hydrogen (secondary N) is 1. The highest BCUT2D eigenvalue weighted by atomic mass is 19.4. The minimum atomic E-state index is -4.57. The van der Waals surface area contributed by atoms with Crippen LogP contribution in [0.1, 0.15) is 23.4 Å². The highest BCUT2D eigenvalue weighted by Crippen LogP contribution is 2.34. The zero-order valence-electron chi connectivity index (χ0n) is 15.2. The van der Waals surface area contributed by atoms with E-state index in [1.165, 1.54) is 15.6 Å². The first kappa shape index (κ1) is 19.7. The Bertz CT molecular complexity index is 923. The summed E-state index contributed by atoms with van der Waals surface area (Å²) in [6.07, 6.45) is -4.27. The number of carboxylic acids is 1. The third-order valence-electron chi connectivity index (χ3n) is 4.63. The monoisotopic (exact) mass is 396 g/mol. The number of carbonyl (C=O) groups is 2. The topological polar surface area (TPSA) is 87.5 Å². The molecule has 1 aromatic carbocycles. The lowest BCUT2D eigenvalue weighted by atomic mass is 10.1. The van der Waals surface area contributed by atoms with Gasteiger partial charge in [-0.1, -0.05) is 0 Å². The van der Waals surface area contributed by atoms with Crippen molar-refractivity contribution in [2.24, 2.45) is 5.92 Å². The van der Waals surface area contributed by atoms with E-state index in [0.717, 1.165) is 12.1 Å². The van der Waals surface area contributed by atoms with Crippen molar-refractivity contribution in [1.82, 2.24) is 14.7 Å². The van der Waals surface area contributed by atoms with Crippen molar-refractivity contribution >= 4 is 17.7 Å². The maximum Gasteiger partial charge on any atom is 0.416 e. The first-order valence-corrected chi connectivity index (χ1v) is 8.60. The maximum atomic E-state index is 13.2. The Morgan fingerprint density at radius 1 is 1.25 bits per heavy atom. The molecule has 1 atom stereocenters. The molecule has 2 N–H and O–H groups in total. The quantitative estimate of drug-likeness (QED) is 0.832. The fraction of sp³-hybridized carbons (Fsp3) is 0.389. The number of aromatic nitrogens is 2. The third kappa shape index (κ3) is 3.95. The molecular weight excluding hydrogens is 377 g/mol. The number of carboxylic acid groups (broad SMARTS) is 1. The van der Waals surface area contributed by atoms with E-state index in [-0.39, 0.29) is 18.8 Å². The van der Waals surface area contributed by atoms with E-state index in [9.17, 15) is 22.8 Å². The number of hydrogen-bond donors (Lipinski definition) is 2. The van der Waals surface area contributed by atoms with Gasteiger partial charge in [-0.15, -0.1) is 0 Å². The van der Waals surface area contributed by atoms with Gasteiger partial charge in [0, 0.05) is 18.8 Å². The molecule has 7 nitrogen and oxygen atoms in total. The molecule has 1 unspecified atom stereocenters. The molecule has 1 saturated heterocycles. The van der Waals surface area contributed by atoms with Gasteiger partial charge in [0.05, 0.1) is 28.6 Å². The summed E-state index contributed by atoms with van der Waals surface area (Å²) in [5.74, 6) is -1.68. The second-order valence-corrected chi connectivity index (χ2v) is 6.77. The molecule has 10 heteroatoms. The average molecular weight is 396 g/mol. The van der Waals surface area contributed by atoms with E-state index < -0.39 is 29.7 Å². The van der Waals surface area contributed by atoms with E-state index >= 15 is 0 Å². The van der Waals surface area contributed by atoms with Gasteiger partial charge in [-0.3, -0.25) is 4.79 Å².